The van der Waals surface area contributed by atoms with E-state index in [0.717, 1.165) is 38.5 Å². The highest BCUT2D eigenvalue weighted by molar-refractivity contribution is 4.98. The predicted molar refractivity (Wildman–Crippen MR) is 109 cm³/mol. The van der Waals surface area contributed by atoms with Gasteiger partial charge in [-0.1, -0.05) is 38.5 Å². The van der Waals surface area contributed by atoms with Crippen molar-refractivity contribution in [3.8, 4) is 0 Å². The molecule has 178 valence electrons. The molecule has 0 aromatic rings. The third kappa shape index (κ3) is 6.55. The van der Waals surface area contributed by atoms with Crippen LogP contribution in [0.4, 0.5) is 0 Å². The van der Waals surface area contributed by atoms with Gasteiger partial charge in [0.1, 0.15) is 12.2 Å². The van der Waals surface area contributed by atoms with Crippen molar-refractivity contribution >= 4 is 0 Å². The molecule has 0 aromatic heterocycles. The molecular weight excluding hydrogens is 396 g/mol. The third-order valence-electron chi connectivity index (χ3n) is 6.58. The van der Waals surface area contributed by atoms with E-state index in [-0.39, 0.29) is 25.3 Å². The molecule has 2 aliphatic heterocycles. The summed E-state index contributed by atoms with van der Waals surface area (Å²) in [5.74, 6) is 0. The molecule has 10 nitrogen and oxygen atoms in total. The van der Waals surface area contributed by atoms with Gasteiger partial charge in [0.2, 0.25) is 0 Å². The maximum absolute atomic E-state index is 10.1. The van der Waals surface area contributed by atoms with Gasteiger partial charge in [-0.05, 0) is 12.8 Å². The van der Waals surface area contributed by atoms with E-state index in [0.29, 0.717) is 12.8 Å². The van der Waals surface area contributed by atoms with E-state index in [1.54, 1.807) is 0 Å². The maximum Gasteiger partial charge on any atom is 0.109 e. The Bertz CT molecular complexity index is 442. The van der Waals surface area contributed by atoms with Gasteiger partial charge in [0.05, 0.1) is 49.7 Å². The molecule has 0 unspecified atom stereocenters. The van der Waals surface area contributed by atoms with Gasteiger partial charge in [-0.25, -0.2) is 0 Å². The van der Waals surface area contributed by atoms with Crippen LogP contribution in [-0.4, -0.2) is 115 Å². The molecule has 2 saturated heterocycles. The minimum Gasteiger partial charge on any atom is -0.395 e. The zero-order valence-corrected chi connectivity index (χ0v) is 17.4. The molecule has 0 aromatic carbocycles. The van der Waals surface area contributed by atoms with E-state index in [1.807, 2.05) is 0 Å². The second-order valence-electron chi connectivity index (χ2n) is 8.77. The monoisotopic (exact) mass is 436 g/mol. The molecular formula is C20H40N2O8. The average molecular weight is 437 g/mol. The molecule has 2 aliphatic rings. The Hall–Kier alpha value is -0.400. The maximum atomic E-state index is 10.1. The summed E-state index contributed by atoms with van der Waals surface area (Å²) in [4.78, 5) is 0. The zero-order valence-electron chi connectivity index (χ0n) is 17.4. The van der Waals surface area contributed by atoms with E-state index >= 15 is 0 Å². The molecule has 2 fully saturated rings. The van der Waals surface area contributed by atoms with Gasteiger partial charge in [-0.2, -0.15) is 0 Å². The van der Waals surface area contributed by atoms with Crippen molar-refractivity contribution in [1.29, 1.82) is 0 Å². The Kier molecular flexibility index (Phi) is 10.9. The summed E-state index contributed by atoms with van der Waals surface area (Å²) in [6.07, 6.45) is -0.133. The SMILES string of the molecule is OC[C@H]1N[C@@H](CCCCCCCC[C@@H]2N[C@H](CO)[C@@H](O)[C@H](O)[C@@H]2O)[C@@H](O)[C@@H](O)[C@@H]1O. The minimum atomic E-state index is -1.26. The fraction of sp³-hybridized carbons (Fsp3) is 1.00. The van der Waals surface area contributed by atoms with Crippen LogP contribution in [0.25, 0.3) is 0 Å². The van der Waals surface area contributed by atoms with Gasteiger partial charge in [-0.3, -0.25) is 0 Å². The van der Waals surface area contributed by atoms with Crippen molar-refractivity contribution in [1.82, 2.24) is 10.6 Å². The molecule has 0 amide bonds. The largest absolute Gasteiger partial charge is 0.395 e. The van der Waals surface area contributed by atoms with Crippen LogP contribution >= 0.6 is 0 Å². The standard InChI is InChI=1S/C20H40N2O8/c23-9-13-17(27)19(29)15(25)11(21-13)7-5-3-1-2-4-6-8-12-16(26)20(30)18(28)14(10-24)22-12/h11-30H,1-10H2/t11-,12-,13+,14+,15+,16+,17+,18+,19+,20+/m0/s1. The highest BCUT2D eigenvalue weighted by Gasteiger charge is 2.42. The number of hydrogen-bond donors (Lipinski definition) is 10. The number of hydrogen-bond acceptors (Lipinski definition) is 10. The van der Waals surface area contributed by atoms with Gasteiger partial charge >= 0.3 is 0 Å². The molecule has 10 N–H and O–H groups in total. The Morgan fingerprint density at radius 3 is 1.03 bits per heavy atom. The lowest BCUT2D eigenvalue weighted by atomic mass is 9.87. The van der Waals surface area contributed by atoms with Crippen LogP contribution in [0.3, 0.4) is 0 Å². The van der Waals surface area contributed by atoms with Crippen LogP contribution in [0.1, 0.15) is 51.4 Å². The summed E-state index contributed by atoms with van der Waals surface area (Å²) >= 11 is 0. The van der Waals surface area contributed by atoms with Crippen LogP contribution in [0.2, 0.25) is 0 Å². The summed E-state index contributed by atoms with van der Waals surface area (Å²) < 4.78 is 0. The van der Waals surface area contributed by atoms with Gasteiger partial charge in [-0.15, -0.1) is 0 Å². The second kappa shape index (κ2) is 12.6. The van der Waals surface area contributed by atoms with E-state index < -0.39 is 48.7 Å². The Morgan fingerprint density at radius 2 is 0.700 bits per heavy atom. The lowest BCUT2D eigenvalue weighted by Crippen LogP contribution is -2.65. The number of piperidine rings is 2. The first-order valence-electron chi connectivity index (χ1n) is 11.1. The quantitative estimate of drug-likeness (QED) is 0.149. The van der Waals surface area contributed by atoms with E-state index in [4.69, 9.17) is 0 Å². The van der Waals surface area contributed by atoms with Crippen molar-refractivity contribution in [2.24, 2.45) is 0 Å². The van der Waals surface area contributed by atoms with E-state index in [2.05, 4.69) is 10.6 Å². The van der Waals surface area contributed by atoms with Crippen molar-refractivity contribution < 1.29 is 40.9 Å². The molecule has 0 bridgehead atoms. The lowest BCUT2D eigenvalue weighted by molar-refractivity contribution is -0.120. The van der Waals surface area contributed by atoms with Crippen molar-refractivity contribution in [2.45, 2.75) is 112 Å². The van der Waals surface area contributed by atoms with Crippen LogP contribution in [0.5, 0.6) is 0 Å². The number of nitrogens with one attached hydrogen (secondary N) is 2. The molecule has 0 spiro atoms. The Balaban J connectivity index is 1.57. The highest BCUT2D eigenvalue weighted by atomic mass is 16.4. The Morgan fingerprint density at radius 1 is 0.400 bits per heavy atom. The minimum absolute atomic E-state index is 0.305. The molecule has 30 heavy (non-hydrogen) atoms. The normalized spacial score (nSPS) is 42.4. The highest BCUT2D eigenvalue weighted by Crippen LogP contribution is 2.22. The molecule has 2 rings (SSSR count). The van der Waals surface area contributed by atoms with Crippen molar-refractivity contribution in [3.05, 3.63) is 0 Å². The zero-order chi connectivity index (χ0) is 22.3. The summed E-state index contributed by atoms with van der Waals surface area (Å²) in [6.45, 7) is -0.609. The van der Waals surface area contributed by atoms with Crippen LogP contribution < -0.4 is 10.6 Å². The molecule has 2 heterocycles. The van der Waals surface area contributed by atoms with Gasteiger partial charge in [0.25, 0.3) is 0 Å². The summed E-state index contributed by atoms with van der Waals surface area (Å²) in [7, 11) is 0. The molecule has 10 heteroatoms. The van der Waals surface area contributed by atoms with Crippen LogP contribution in [0, 0.1) is 0 Å². The Labute approximate surface area is 177 Å². The van der Waals surface area contributed by atoms with Gasteiger partial charge in [0.15, 0.2) is 0 Å². The first-order valence-corrected chi connectivity index (χ1v) is 11.1. The van der Waals surface area contributed by atoms with Crippen molar-refractivity contribution in [2.75, 3.05) is 13.2 Å². The van der Waals surface area contributed by atoms with Crippen LogP contribution in [0.15, 0.2) is 0 Å². The average Bonchev–Trinajstić information content (AvgIpc) is 2.75. The summed E-state index contributed by atoms with van der Waals surface area (Å²) in [6, 6.07) is -1.99. The number of aliphatic hydroxyl groups is 8. The van der Waals surface area contributed by atoms with E-state index in [1.165, 1.54) is 0 Å². The molecule has 0 aliphatic carbocycles. The number of rotatable bonds is 11. The second-order valence-corrected chi connectivity index (χ2v) is 8.77. The summed E-state index contributed by atoms with van der Waals surface area (Å²) in [5, 5.41) is 84.1. The van der Waals surface area contributed by atoms with Crippen molar-refractivity contribution in [3.63, 3.8) is 0 Å². The fourth-order valence-electron chi connectivity index (χ4n) is 4.57. The van der Waals surface area contributed by atoms with Gasteiger partial charge < -0.3 is 51.5 Å². The number of unbranched alkanes of at least 4 members (excludes halogenated alkanes) is 5. The molecule has 0 radical (unpaired) electrons. The smallest absolute Gasteiger partial charge is 0.109 e. The third-order valence-corrected chi connectivity index (χ3v) is 6.58. The first-order chi connectivity index (χ1) is 14.3. The van der Waals surface area contributed by atoms with E-state index in [9.17, 15) is 40.9 Å². The topological polar surface area (TPSA) is 186 Å². The first kappa shape index (κ1) is 25.9. The fourth-order valence-corrected chi connectivity index (χ4v) is 4.57. The lowest BCUT2D eigenvalue weighted by Gasteiger charge is -2.41. The molecule has 0 saturated carbocycles. The molecule has 10 atom stereocenters. The van der Waals surface area contributed by atoms with Gasteiger partial charge in [0, 0.05) is 12.1 Å². The summed E-state index contributed by atoms with van der Waals surface area (Å²) in [5.41, 5.74) is 0. The predicted octanol–water partition coefficient (Wildman–Crippen LogP) is -3.06. The van der Waals surface area contributed by atoms with Crippen LogP contribution in [-0.2, 0) is 0 Å². The number of aliphatic hydroxyl groups excluding tert-OH is 8.